The van der Waals surface area contributed by atoms with Crippen LogP contribution in [0, 0.1) is 0 Å². The highest BCUT2D eigenvalue weighted by Crippen LogP contribution is 2.23. The summed E-state index contributed by atoms with van der Waals surface area (Å²) in [5.41, 5.74) is 0. The average Bonchev–Trinajstić information content (AvgIpc) is 2.69. The summed E-state index contributed by atoms with van der Waals surface area (Å²) in [6.45, 7) is 0. The molecule has 3 nitrogen and oxygen atoms in total. The molecule has 0 saturated carbocycles. The van der Waals surface area contributed by atoms with E-state index in [0.29, 0.717) is 5.75 Å². The number of aromatic hydroxyl groups is 1. The minimum absolute atomic E-state index is 0.350. The van der Waals surface area contributed by atoms with Crippen LogP contribution in [0.5, 0.6) is 11.5 Å². The van der Waals surface area contributed by atoms with E-state index in [1.165, 1.54) is 10.8 Å². The molecule has 1 N–H and O–H groups in total. The molecule has 26 heavy (non-hydrogen) atoms. The van der Waals surface area contributed by atoms with Gasteiger partial charge in [0, 0.05) is 19.6 Å². The fraction of sp³-hybridized carbons (Fsp3) is 0.130. The molecule has 3 heteroatoms. The third kappa shape index (κ3) is 5.23. The highest BCUT2D eigenvalue weighted by atomic mass is 16.5. The number of methoxy groups -OCH3 is 2. The molecule has 0 aromatic heterocycles. The largest absolute Gasteiger partial charge is 0.507 e. The van der Waals surface area contributed by atoms with Gasteiger partial charge in [-0.3, -0.25) is 0 Å². The van der Waals surface area contributed by atoms with E-state index in [0.717, 1.165) is 16.5 Å². The van der Waals surface area contributed by atoms with Crippen molar-refractivity contribution in [3.8, 4) is 11.5 Å². The molecule has 4 aromatic rings. The summed E-state index contributed by atoms with van der Waals surface area (Å²) in [5.74, 6) is 1.26. The van der Waals surface area contributed by atoms with Gasteiger partial charge in [0.25, 0.3) is 0 Å². The molecule has 0 fully saturated rings. The first-order chi connectivity index (χ1) is 12.7. The molecule has 0 heterocycles. The molecule has 0 aliphatic carbocycles. The van der Waals surface area contributed by atoms with Crippen molar-refractivity contribution in [3.63, 3.8) is 0 Å². The van der Waals surface area contributed by atoms with E-state index in [-0.39, 0.29) is 0 Å². The van der Waals surface area contributed by atoms with Crippen LogP contribution in [0.4, 0.5) is 0 Å². The smallest absolute Gasteiger partial charge is 0.123 e. The first kappa shape index (κ1) is 19.3. The first-order valence-corrected chi connectivity index (χ1v) is 8.29. The zero-order valence-electron chi connectivity index (χ0n) is 15.3. The molecule has 4 aromatic carbocycles. The van der Waals surface area contributed by atoms with E-state index >= 15 is 0 Å². The summed E-state index contributed by atoms with van der Waals surface area (Å²) in [6, 6.07) is 27.6. The molecule has 0 bridgehead atoms. The summed E-state index contributed by atoms with van der Waals surface area (Å²) in [5, 5.41) is 13.8. The third-order valence-corrected chi connectivity index (χ3v) is 3.72. The normalized spacial score (nSPS) is 9.65. The molecular formula is C23H24O3. The Labute approximate surface area is 154 Å². The molecule has 0 saturated heterocycles. The van der Waals surface area contributed by atoms with Gasteiger partial charge in [0.05, 0.1) is 7.11 Å². The maximum absolute atomic E-state index is 9.37. The average molecular weight is 348 g/mol. The van der Waals surface area contributed by atoms with Crippen molar-refractivity contribution in [1.82, 2.24) is 0 Å². The van der Waals surface area contributed by atoms with Crippen LogP contribution >= 0.6 is 0 Å². The zero-order valence-corrected chi connectivity index (χ0v) is 15.3. The van der Waals surface area contributed by atoms with Gasteiger partial charge in [-0.1, -0.05) is 66.7 Å². The van der Waals surface area contributed by atoms with Gasteiger partial charge in [-0.25, -0.2) is 0 Å². The van der Waals surface area contributed by atoms with Gasteiger partial charge >= 0.3 is 0 Å². The maximum atomic E-state index is 9.37. The van der Waals surface area contributed by atoms with Gasteiger partial charge in [0.1, 0.15) is 11.5 Å². The predicted octanol–water partition coefficient (Wildman–Crippen LogP) is 5.66. The Bertz CT molecular complexity index is 942. The Hall–Kier alpha value is -3.04. The lowest BCUT2D eigenvalue weighted by atomic mass is 10.1. The van der Waals surface area contributed by atoms with Crippen molar-refractivity contribution in [1.29, 1.82) is 0 Å². The van der Waals surface area contributed by atoms with Crippen molar-refractivity contribution >= 4 is 21.5 Å². The minimum atomic E-state index is 0.350. The fourth-order valence-corrected chi connectivity index (χ4v) is 2.50. The molecule has 0 spiro atoms. The molecule has 4 rings (SSSR count). The summed E-state index contributed by atoms with van der Waals surface area (Å²) in [7, 11) is 4.93. The highest BCUT2D eigenvalue weighted by molar-refractivity contribution is 5.87. The Morgan fingerprint density at radius 1 is 0.615 bits per heavy atom. The van der Waals surface area contributed by atoms with E-state index in [1.54, 1.807) is 27.4 Å². The summed E-state index contributed by atoms with van der Waals surface area (Å²) >= 11 is 0. The Kier molecular flexibility index (Phi) is 7.47. The van der Waals surface area contributed by atoms with E-state index in [9.17, 15) is 5.11 Å². The van der Waals surface area contributed by atoms with E-state index in [2.05, 4.69) is 22.9 Å². The standard InChI is InChI=1S/C11H10O.C10H8O.C2H6O/c1-12-11-7-6-9-4-2-3-5-10(9)8-11;11-10-7-3-5-8-4-1-2-6-9(8)10;1-3-2/h2-8H,1H3;1-7,11H;1-2H3. The lowest BCUT2D eigenvalue weighted by Gasteiger charge is -2.00. The van der Waals surface area contributed by atoms with Gasteiger partial charge < -0.3 is 14.6 Å². The Morgan fingerprint density at radius 3 is 1.85 bits per heavy atom. The van der Waals surface area contributed by atoms with Crippen LogP contribution in [0.25, 0.3) is 21.5 Å². The molecule has 0 atom stereocenters. The second-order valence-corrected chi connectivity index (χ2v) is 5.62. The van der Waals surface area contributed by atoms with Gasteiger partial charge in [0.15, 0.2) is 0 Å². The third-order valence-electron chi connectivity index (χ3n) is 3.72. The zero-order chi connectivity index (χ0) is 18.8. The van der Waals surface area contributed by atoms with Crippen LogP contribution in [0.2, 0.25) is 0 Å². The van der Waals surface area contributed by atoms with Crippen LogP contribution in [0.3, 0.4) is 0 Å². The predicted molar refractivity (Wildman–Crippen MR) is 109 cm³/mol. The monoisotopic (exact) mass is 348 g/mol. The molecular weight excluding hydrogens is 324 g/mol. The number of fused-ring (bicyclic) bond motifs is 2. The molecule has 0 amide bonds. The number of rotatable bonds is 1. The fourth-order valence-electron chi connectivity index (χ4n) is 2.50. The van der Waals surface area contributed by atoms with Crippen LogP contribution in [-0.4, -0.2) is 26.4 Å². The SMILES string of the molecule is COC.COc1ccc2ccccc2c1.Oc1cccc2ccccc12. The van der Waals surface area contributed by atoms with Crippen molar-refractivity contribution in [2.24, 2.45) is 0 Å². The number of phenols is 1. The molecule has 0 aliphatic rings. The van der Waals surface area contributed by atoms with Crippen LogP contribution in [0.15, 0.2) is 84.9 Å². The molecule has 134 valence electrons. The van der Waals surface area contributed by atoms with Crippen molar-refractivity contribution in [3.05, 3.63) is 84.9 Å². The summed E-state index contributed by atoms with van der Waals surface area (Å²) in [4.78, 5) is 0. The van der Waals surface area contributed by atoms with Crippen LogP contribution in [0.1, 0.15) is 0 Å². The molecule has 0 aliphatic heterocycles. The molecule has 0 radical (unpaired) electrons. The molecule has 0 unspecified atom stereocenters. The maximum Gasteiger partial charge on any atom is 0.123 e. The van der Waals surface area contributed by atoms with Gasteiger partial charge in [0.2, 0.25) is 0 Å². The van der Waals surface area contributed by atoms with Crippen LogP contribution in [-0.2, 0) is 4.74 Å². The van der Waals surface area contributed by atoms with E-state index < -0.39 is 0 Å². The van der Waals surface area contributed by atoms with E-state index in [4.69, 9.17) is 4.74 Å². The topological polar surface area (TPSA) is 38.7 Å². The number of ether oxygens (including phenoxy) is 2. The summed E-state index contributed by atoms with van der Waals surface area (Å²) in [6.07, 6.45) is 0. The minimum Gasteiger partial charge on any atom is -0.507 e. The Morgan fingerprint density at radius 2 is 1.19 bits per heavy atom. The second-order valence-electron chi connectivity index (χ2n) is 5.62. The van der Waals surface area contributed by atoms with Gasteiger partial charge in [-0.2, -0.15) is 0 Å². The summed E-state index contributed by atoms with van der Waals surface area (Å²) < 4.78 is 9.37. The Balaban J connectivity index is 0.000000163. The number of benzene rings is 4. The highest BCUT2D eigenvalue weighted by Gasteiger charge is 1.95. The van der Waals surface area contributed by atoms with Crippen molar-refractivity contribution < 1.29 is 14.6 Å². The first-order valence-electron chi connectivity index (χ1n) is 8.29. The van der Waals surface area contributed by atoms with Gasteiger partial charge in [-0.15, -0.1) is 0 Å². The van der Waals surface area contributed by atoms with Crippen molar-refractivity contribution in [2.45, 2.75) is 0 Å². The number of phenolic OH excluding ortho intramolecular Hbond substituents is 1. The lowest BCUT2D eigenvalue weighted by molar-refractivity contribution is 0.277. The van der Waals surface area contributed by atoms with Crippen LogP contribution < -0.4 is 4.74 Å². The van der Waals surface area contributed by atoms with Gasteiger partial charge in [-0.05, 0) is 34.4 Å². The second kappa shape index (κ2) is 10.1. The van der Waals surface area contributed by atoms with Crippen molar-refractivity contribution in [2.75, 3.05) is 21.3 Å². The lowest BCUT2D eigenvalue weighted by Crippen LogP contribution is -1.81. The van der Waals surface area contributed by atoms with E-state index in [1.807, 2.05) is 60.7 Å². The number of hydrogen-bond acceptors (Lipinski definition) is 3. The quantitative estimate of drug-likeness (QED) is 0.482. The number of hydrogen-bond donors (Lipinski definition) is 1.